The van der Waals surface area contributed by atoms with Crippen LogP contribution in [0.25, 0.3) is 0 Å². The molecule has 2 unspecified atom stereocenters. The van der Waals surface area contributed by atoms with Crippen LogP contribution in [-0.2, 0) is 0 Å². The van der Waals surface area contributed by atoms with E-state index in [9.17, 15) is 8.78 Å². The zero-order valence-electron chi connectivity index (χ0n) is 8.85. The van der Waals surface area contributed by atoms with Crippen molar-refractivity contribution < 1.29 is 8.78 Å². The van der Waals surface area contributed by atoms with Crippen LogP contribution in [0.2, 0.25) is 0 Å². The molecule has 0 aromatic carbocycles. The monoisotopic (exact) mass is 194 g/mol. The summed E-state index contributed by atoms with van der Waals surface area (Å²) < 4.78 is 24.2. The molecule has 0 rings (SSSR count). The number of hydrogen-bond acceptors (Lipinski definition) is 2. The number of rotatable bonds is 6. The lowest BCUT2D eigenvalue weighted by atomic mass is 10.2. The molecule has 0 spiro atoms. The molecule has 0 aromatic rings. The van der Waals surface area contributed by atoms with E-state index < -0.39 is 12.5 Å². The Kier molecular flexibility index (Phi) is 6.16. The van der Waals surface area contributed by atoms with E-state index in [0.717, 1.165) is 13.0 Å². The van der Waals surface area contributed by atoms with Crippen LogP contribution in [0.15, 0.2) is 0 Å². The first-order valence-corrected chi connectivity index (χ1v) is 4.62. The Morgan fingerprint density at radius 1 is 1.23 bits per heavy atom. The van der Waals surface area contributed by atoms with Gasteiger partial charge in [-0.2, -0.15) is 0 Å². The molecule has 4 heteroatoms. The van der Waals surface area contributed by atoms with Crippen molar-refractivity contribution in [3.63, 3.8) is 0 Å². The van der Waals surface area contributed by atoms with Crippen LogP contribution >= 0.6 is 0 Å². The molecule has 1 N–H and O–H groups in total. The molecule has 13 heavy (non-hydrogen) atoms. The van der Waals surface area contributed by atoms with E-state index in [1.807, 2.05) is 25.9 Å². The molecule has 2 atom stereocenters. The van der Waals surface area contributed by atoms with Crippen molar-refractivity contribution in [3.8, 4) is 0 Å². The predicted molar refractivity (Wildman–Crippen MR) is 51.2 cm³/mol. The SMILES string of the molecule is CC(CCN(C)C)NC(C)C(F)F. The van der Waals surface area contributed by atoms with Crippen molar-refractivity contribution >= 4 is 0 Å². The molecule has 0 radical (unpaired) electrons. The van der Waals surface area contributed by atoms with Crippen LogP contribution in [0, 0.1) is 0 Å². The first-order chi connectivity index (χ1) is 5.93. The average molecular weight is 194 g/mol. The lowest BCUT2D eigenvalue weighted by Crippen LogP contribution is -2.40. The number of nitrogens with one attached hydrogen (secondary N) is 1. The highest BCUT2D eigenvalue weighted by atomic mass is 19.3. The second-order valence-corrected chi connectivity index (χ2v) is 3.78. The van der Waals surface area contributed by atoms with Crippen molar-refractivity contribution in [2.75, 3.05) is 20.6 Å². The van der Waals surface area contributed by atoms with E-state index in [2.05, 4.69) is 5.32 Å². The third-order valence-electron chi connectivity index (χ3n) is 1.93. The van der Waals surface area contributed by atoms with Gasteiger partial charge >= 0.3 is 0 Å². The van der Waals surface area contributed by atoms with Gasteiger partial charge in [0.15, 0.2) is 0 Å². The van der Waals surface area contributed by atoms with E-state index in [-0.39, 0.29) is 6.04 Å². The maximum atomic E-state index is 12.1. The van der Waals surface area contributed by atoms with Gasteiger partial charge in [0, 0.05) is 6.04 Å². The molecule has 0 fully saturated rings. The molecule has 80 valence electrons. The Hall–Kier alpha value is -0.220. The summed E-state index contributed by atoms with van der Waals surface area (Å²) in [5.74, 6) is 0. The highest BCUT2D eigenvalue weighted by Crippen LogP contribution is 2.02. The summed E-state index contributed by atoms with van der Waals surface area (Å²) in [4.78, 5) is 2.05. The number of nitrogens with zero attached hydrogens (tertiary/aromatic N) is 1. The zero-order valence-corrected chi connectivity index (χ0v) is 8.85. The lowest BCUT2D eigenvalue weighted by Gasteiger charge is -2.20. The minimum absolute atomic E-state index is 0.145. The summed E-state index contributed by atoms with van der Waals surface area (Å²) >= 11 is 0. The maximum absolute atomic E-state index is 12.1. The number of hydrogen-bond donors (Lipinski definition) is 1. The standard InChI is InChI=1S/C9H20F2N2/c1-7(5-6-13(3)4)12-8(2)9(10)11/h7-9,12H,5-6H2,1-4H3. The zero-order chi connectivity index (χ0) is 10.4. The Balaban J connectivity index is 3.55. The fourth-order valence-corrected chi connectivity index (χ4v) is 1.06. The van der Waals surface area contributed by atoms with Gasteiger partial charge in [0.2, 0.25) is 0 Å². The van der Waals surface area contributed by atoms with E-state index >= 15 is 0 Å². The first kappa shape index (κ1) is 12.8. The van der Waals surface area contributed by atoms with Crippen LogP contribution in [0.1, 0.15) is 20.3 Å². The van der Waals surface area contributed by atoms with Gasteiger partial charge in [0.05, 0.1) is 6.04 Å². The number of halogens is 2. The van der Waals surface area contributed by atoms with Crippen molar-refractivity contribution in [3.05, 3.63) is 0 Å². The maximum Gasteiger partial charge on any atom is 0.253 e. The van der Waals surface area contributed by atoms with Crippen LogP contribution < -0.4 is 5.32 Å². The molecule has 0 aromatic heterocycles. The van der Waals surface area contributed by atoms with Crippen molar-refractivity contribution in [2.24, 2.45) is 0 Å². The van der Waals surface area contributed by atoms with Gasteiger partial charge in [-0.3, -0.25) is 0 Å². The second-order valence-electron chi connectivity index (χ2n) is 3.78. The number of alkyl halides is 2. The highest BCUT2D eigenvalue weighted by Gasteiger charge is 2.16. The minimum Gasteiger partial charge on any atom is -0.309 e. The summed E-state index contributed by atoms with van der Waals surface area (Å²) in [6, 6.07) is -0.566. The third-order valence-corrected chi connectivity index (χ3v) is 1.93. The molecule has 0 aliphatic carbocycles. The predicted octanol–water partition coefficient (Wildman–Crippen LogP) is 1.57. The largest absolute Gasteiger partial charge is 0.309 e. The molecule has 2 nitrogen and oxygen atoms in total. The molecule has 0 saturated carbocycles. The average Bonchev–Trinajstić information content (AvgIpc) is 2.00. The fourth-order valence-electron chi connectivity index (χ4n) is 1.06. The van der Waals surface area contributed by atoms with Gasteiger partial charge < -0.3 is 10.2 Å². The quantitative estimate of drug-likeness (QED) is 0.690. The Morgan fingerprint density at radius 2 is 1.77 bits per heavy atom. The fraction of sp³-hybridized carbons (Fsp3) is 1.00. The third kappa shape index (κ3) is 6.90. The van der Waals surface area contributed by atoms with Crippen molar-refractivity contribution in [1.29, 1.82) is 0 Å². The van der Waals surface area contributed by atoms with E-state index in [4.69, 9.17) is 0 Å². The van der Waals surface area contributed by atoms with Gasteiger partial charge in [-0.1, -0.05) is 0 Å². The first-order valence-electron chi connectivity index (χ1n) is 4.62. The van der Waals surface area contributed by atoms with Crippen LogP contribution in [0.4, 0.5) is 8.78 Å². The Bertz CT molecular complexity index is 129. The molecule has 0 saturated heterocycles. The second kappa shape index (κ2) is 6.27. The Labute approximate surface area is 79.3 Å². The summed E-state index contributed by atoms with van der Waals surface area (Å²) in [5, 5.41) is 2.86. The molecule has 0 aliphatic heterocycles. The van der Waals surface area contributed by atoms with E-state index in [1.54, 1.807) is 0 Å². The van der Waals surface area contributed by atoms with E-state index in [1.165, 1.54) is 6.92 Å². The van der Waals surface area contributed by atoms with Crippen LogP contribution in [0.5, 0.6) is 0 Å². The van der Waals surface area contributed by atoms with Gasteiger partial charge in [-0.15, -0.1) is 0 Å². The van der Waals surface area contributed by atoms with E-state index in [0.29, 0.717) is 0 Å². The lowest BCUT2D eigenvalue weighted by molar-refractivity contribution is 0.0997. The molecule has 0 heterocycles. The van der Waals surface area contributed by atoms with Gasteiger partial charge in [-0.25, -0.2) is 8.78 Å². The molecule has 0 amide bonds. The topological polar surface area (TPSA) is 15.3 Å². The Morgan fingerprint density at radius 3 is 2.15 bits per heavy atom. The highest BCUT2D eigenvalue weighted by molar-refractivity contribution is 4.69. The summed E-state index contributed by atoms with van der Waals surface area (Å²) in [5.41, 5.74) is 0. The molecule has 0 bridgehead atoms. The van der Waals surface area contributed by atoms with Crippen molar-refractivity contribution in [1.82, 2.24) is 10.2 Å². The minimum atomic E-state index is -2.28. The van der Waals surface area contributed by atoms with Crippen LogP contribution in [0.3, 0.4) is 0 Å². The molecular formula is C9H20F2N2. The van der Waals surface area contributed by atoms with Crippen LogP contribution in [-0.4, -0.2) is 44.0 Å². The van der Waals surface area contributed by atoms with Gasteiger partial charge in [-0.05, 0) is 40.9 Å². The molecular weight excluding hydrogens is 174 g/mol. The summed E-state index contributed by atoms with van der Waals surface area (Å²) in [6.07, 6.45) is -1.38. The molecule has 0 aliphatic rings. The normalized spacial score (nSPS) is 16.6. The van der Waals surface area contributed by atoms with Gasteiger partial charge in [0.1, 0.15) is 0 Å². The summed E-state index contributed by atoms with van der Waals surface area (Å²) in [7, 11) is 3.95. The van der Waals surface area contributed by atoms with Gasteiger partial charge in [0.25, 0.3) is 6.43 Å². The van der Waals surface area contributed by atoms with Crippen molar-refractivity contribution in [2.45, 2.75) is 38.8 Å². The summed E-state index contributed by atoms with van der Waals surface area (Å²) in [6.45, 7) is 4.36. The smallest absolute Gasteiger partial charge is 0.253 e.